The lowest BCUT2D eigenvalue weighted by Gasteiger charge is -2.10. The van der Waals surface area contributed by atoms with Crippen molar-refractivity contribution in [3.8, 4) is 0 Å². The minimum absolute atomic E-state index is 0.0804. The molecule has 2 aromatic carbocycles. The van der Waals surface area contributed by atoms with Gasteiger partial charge in [0.25, 0.3) is 0 Å². The average Bonchev–Trinajstić information content (AvgIpc) is 2.89. The Bertz CT molecular complexity index is 1280. The topological polar surface area (TPSA) is 139 Å². The van der Waals surface area contributed by atoms with E-state index in [1.807, 2.05) is 13.8 Å². The molecule has 0 aliphatic heterocycles. The van der Waals surface area contributed by atoms with Crippen molar-refractivity contribution in [3.05, 3.63) is 84.3 Å². The third kappa shape index (κ3) is 10.9. The fourth-order valence-corrected chi connectivity index (χ4v) is 5.04. The van der Waals surface area contributed by atoms with Crippen molar-refractivity contribution in [1.82, 2.24) is 0 Å². The monoisotopic (exact) mass is 594 g/mol. The molecule has 0 heterocycles. The van der Waals surface area contributed by atoms with Gasteiger partial charge in [-0.15, -0.1) is 0 Å². The van der Waals surface area contributed by atoms with Crippen molar-refractivity contribution in [2.75, 3.05) is 13.2 Å². The number of ether oxygens (including phenoxy) is 2. The van der Waals surface area contributed by atoms with Crippen LogP contribution >= 0.6 is 0 Å². The Morgan fingerprint density at radius 1 is 0.575 bits per heavy atom. The highest BCUT2D eigenvalue weighted by atomic mass is 32.2. The van der Waals surface area contributed by atoms with E-state index in [2.05, 4.69) is 13.2 Å². The molecule has 10 nitrogen and oxygen atoms in total. The van der Waals surface area contributed by atoms with E-state index in [1.165, 1.54) is 24.3 Å². The molecule has 0 bridgehead atoms. The van der Waals surface area contributed by atoms with Crippen molar-refractivity contribution >= 4 is 32.2 Å². The maximum atomic E-state index is 12.2. The summed E-state index contributed by atoms with van der Waals surface area (Å²) in [5.74, 6) is -3.13. The van der Waals surface area contributed by atoms with Crippen molar-refractivity contribution in [2.45, 2.75) is 62.2 Å². The van der Waals surface area contributed by atoms with Crippen LogP contribution in [0.5, 0.6) is 0 Å². The Morgan fingerprint density at radius 3 is 1.20 bits per heavy atom. The summed E-state index contributed by atoms with van der Waals surface area (Å²) in [5.41, 5.74) is 1.75. The van der Waals surface area contributed by atoms with E-state index in [9.17, 15) is 26.4 Å². The highest BCUT2D eigenvalue weighted by Crippen LogP contribution is 2.18. The zero-order chi connectivity index (χ0) is 29.8. The van der Waals surface area contributed by atoms with Gasteiger partial charge in [0.15, 0.2) is 0 Å². The number of aryl methyl sites for hydroxylation is 2. The van der Waals surface area contributed by atoms with Gasteiger partial charge in [0.05, 0.1) is 13.2 Å². The van der Waals surface area contributed by atoms with Crippen LogP contribution in [0, 0.1) is 13.8 Å². The lowest BCUT2D eigenvalue weighted by molar-refractivity contribution is -0.142. The molecular formula is C28H34O10S2. The van der Waals surface area contributed by atoms with E-state index in [4.69, 9.17) is 17.8 Å². The van der Waals surface area contributed by atoms with Crippen LogP contribution in [0.15, 0.2) is 83.0 Å². The Labute approximate surface area is 235 Å². The summed E-state index contributed by atoms with van der Waals surface area (Å²) in [5, 5.41) is 0. The molecule has 0 saturated carbocycles. The van der Waals surface area contributed by atoms with Crippen molar-refractivity contribution in [2.24, 2.45) is 0 Å². The number of esters is 2. The predicted octanol–water partition coefficient (Wildman–Crippen LogP) is 4.87. The molecule has 0 unspecified atom stereocenters. The number of benzene rings is 2. The van der Waals surface area contributed by atoms with Gasteiger partial charge in [-0.1, -0.05) is 61.1 Å². The summed E-state index contributed by atoms with van der Waals surface area (Å²) >= 11 is 0. The minimum Gasteiger partial charge on any atom is -0.460 e. The Kier molecular flexibility index (Phi) is 12.4. The highest BCUT2D eigenvalue weighted by molar-refractivity contribution is 7.87. The van der Waals surface area contributed by atoms with Gasteiger partial charge in [0.1, 0.15) is 9.79 Å². The van der Waals surface area contributed by atoms with Crippen LogP contribution in [0.3, 0.4) is 0 Å². The third-order valence-corrected chi connectivity index (χ3v) is 8.04. The predicted molar refractivity (Wildman–Crippen MR) is 147 cm³/mol. The standard InChI is InChI=1S/C28H34O10S2/c1-21-11-15-25(16-12-21)39(31,32)37-23(3)27(29)35-19-9-7-5-6-8-10-20-36-28(30)24(4)38-40(33,34)26-17-13-22(2)14-18-26/h11-18H,3-10,19-20H2,1-2H3. The zero-order valence-electron chi connectivity index (χ0n) is 22.6. The summed E-state index contributed by atoms with van der Waals surface area (Å²) in [6.45, 7) is 10.5. The van der Waals surface area contributed by atoms with Crippen LogP contribution in [-0.4, -0.2) is 42.0 Å². The number of hydrogen-bond donors (Lipinski definition) is 0. The molecule has 0 saturated heterocycles. The second-order valence-corrected chi connectivity index (χ2v) is 12.0. The van der Waals surface area contributed by atoms with Gasteiger partial charge in [-0.25, -0.2) is 9.59 Å². The molecule has 0 radical (unpaired) electrons. The molecule has 0 fully saturated rings. The molecule has 40 heavy (non-hydrogen) atoms. The maximum Gasteiger partial charge on any atom is 0.374 e. The van der Waals surface area contributed by atoms with E-state index < -0.39 is 43.7 Å². The molecule has 12 heteroatoms. The lowest BCUT2D eigenvalue weighted by atomic mass is 10.1. The number of carbonyl (C=O) groups excluding carboxylic acids is 2. The summed E-state index contributed by atoms with van der Waals surface area (Å²) < 4.78 is 68.4. The Hall–Kier alpha value is -3.64. The Morgan fingerprint density at radius 2 is 0.875 bits per heavy atom. The SMILES string of the molecule is C=C(OS(=O)(=O)c1ccc(C)cc1)C(=O)OCCCCCCCCOC(=O)C(=C)OS(=O)(=O)c1ccc(C)cc1. The number of rotatable bonds is 17. The Balaban J connectivity index is 1.54. The van der Waals surface area contributed by atoms with Crippen molar-refractivity contribution < 1.29 is 44.3 Å². The molecule has 218 valence electrons. The van der Waals surface area contributed by atoms with Crippen LogP contribution in [0.1, 0.15) is 49.7 Å². The molecule has 0 N–H and O–H groups in total. The summed E-state index contributed by atoms with van der Waals surface area (Å²) in [7, 11) is -8.35. The second kappa shape index (κ2) is 15.2. The van der Waals surface area contributed by atoms with Crippen LogP contribution in [0.25, 0.3) is 0 Å². The molecule has 0 spiro atoms. The van der Waals surface area contributed by atoms with E-state index in [0.717, 1.165) is 36.8 Å². The van der Waals surface area contributed by atoms with Gasteiger partial charge < -0.3 is 17.8 Å². The van der Waals surface area contributed by atoms with E-state index >= 15 is 0 Å². The van der Waals surface area contributed by atoms with Crippen molar-refractivity contribution in [1.29, 1.82) is 0 Å². The first-order chi connectivity index (χ1) is 18.8. The molecule has 0 aliphatic carbocycles. The lowest BCUT2D eigenvalue weighted by Crippen LogP contribution is -2.15. The van der Waals surface area contributed by atoms with Gasteiger partial charge in [-0.2, -0.15) is 16.8 Å². The van der Waals surface area contributed by atoms with E-state index in [0.29, 0.717) is 12.8 Å². The van der Waals surface area contributed by atoms with Crippen molar-refractivity contribution in [3.63, 3.8) is 0 Å². The third-order valence-electron chi connectivity index (χ3n) is 5.50. The fourth-order valence-electron chi connectivity index (χ4n) is 3.24. The smallest absolute Gasteiger partial charge is 0.374 e. The normalized spacial score (nSPS) is 11.3. The van der Waals surface area contributed by atoms with E-state index in [-0.39, 0.29) is 23.0 Å². The molecule has 0 atom stereocenters. The largest absolute Gasteiger partial charge is 0.460 e. The van der Waals surface area contributed by atoms with E-state index in [1.54, 1.807) is 24.3 Å². The first-order valence-corrected chi connectivity index (χ1v) is 15.4. The van der Waals surface area contributed by atoms with Crippen LogP contribution in [-0.2, 0) is 47.7 Å². The maximum absolute atomic E-state index is 12.2. The molecule has 2 aromatic rings. The number of carbonyl (C=O) groups is 2. The molecule has 0 aliphatic rings. The van der Waals surface area contributed by atoms with Gasteiger partial charge in [0, 0.05) is 0 Å². The quantitative estimate of drug-likeness (QED) is 0.0819. The van der Waals surface area contributed by atoms with Crippen LogP contribution in [0.4, 0.5) is 0 Å². The summed E-state index contributed by atoms with van der Waals surface area (Å²) in [4.78, 5) is 23.8. The molecule has 0 aromatic heterocycles. The van der Waals surface area contributed by atoms with Crippen LogP contribution in [0.2, 0.25) is 0 Å². The fraction of sp³-hybridized carbons (Fsp3) is 0.357. The molecule has 2 rings (SSSR count). The first-order valence-electron chi connectivity index (χ1n) is 12.6. The van der Waals surface area contributed by atoms with Crippen LogP contribution < -0.4 is 0 Å². The second-order valence-electron chi connectivity index (χ2n) is 8.94. The minimum atomic E-state index is -4.17. The first kappa shape index (κ1) is 32.6. The molecular weight excluding hydrogens is 560 g/mol. The van der Waals surface area contributed by atoms with Gasteiger partial charge in [0.2, 0.25) is 11.5 Å². The van der Waals surface area contributed by atoms with Gasteiger partial charge in [-0.05, 0) is 64.1 Å². The number of unbranched alkanes of at least 4 members (excludes halogenated alkanes) is 5. The summed E-state index contributed by atoms with van der Waals surface area (Å²) in [6.07, 6.45) is 4.29. The van der Waals surface area contributed by atoms with Gasteiger partial charge in [-0.3, -0.25) is 0 Å². The summed E-state index contributed by atoms with van der Waals surface area (Å²) in [6, 6.07) is 11.9. The van der Waals surface area contributed by atoms with Gasteiger partial charge >= 0.3 is 32.2 Å². The average molecular weight is 595 g/mol. The molecule has 0 amide bonds. The number of hydrogen-bond acceptors (Lipinski definition) is 10. The zero-order valence-corrected chi connectivity index (χ0v) is 24.2. The highest BCUT2D eigenvalue weighted by Gasteiger charge is 2.23.